The highest BCUT2D eigenvalue weighted by molar-refractivity contribution is 5.82. The Balaban J connectivity index is 2.26. The van der Waals surface area contributed by atoms with E-state index < -0.39 is 0 Å². The van der Waals surface area contributed by atoms with Crippen LogP contribution in [0, 0.1) is 5.92 Å². The van der Waals surface area contributed by atoms with Gasteiger partial charge in [-0.3, -0.25) is 4.79 Å². The van der Waals surface area contributed by atoms with Crippen LogP contribution in [0.4, 0.5) is 0 Å². The van der Waals surface area contributed by atoms with Crippen LogP contribution < -0.4 is 0 Å². The summed E-state index contributed by atoms with van der Waals surface area (Å²) in [6, 6.07) is 0.696. The molecule has 15 heavy (non-hydrogen) atoms. The summed E-state index contributed by atoms with van der Waals surface area (Å²) < 4.78 is 0. The van der Waals surface area contributed by atoms with Crippen molar-refractivity contribution >= 4 is 5.78 Å². The maximum atomic E-state index is 11.5. The number of rotatable bonds is 6. The van der Waals surface area contributed by atoms with Gasteiger partial charge in [0, 0.05) is 18.4 Å². The van der Waals surface area contributed by atoms with Crippen LogP contribution in [0.25, 0.3) is 0 Å². The first kappa shape index (κ1) is 12.7. The molecule has 1 fully saturated rings. The van der Waals surface area contributed by atoms with E-state index >= 15 is 0 Å². The van der Waals surface area contributed by atoms with Gasteiger partial charge in [0.1, 0.15) is 5.78 Å². The van der Waals surface area contributed by atoms with Crippen LogP contribution in [-0.4, -0.2) is 30.3 Å². The molecule has 0 saturated heterocycles. The third kappa shape index (κ3) is 3.60. The van der Waals surface area contributed by atoms with Crippen molar-refractivity contribution in [1.29, 1.82) is 0 Å². The topological polar surface area (TPSA) is 20.3 Å². The highest BCUT2D eigenvalue weighted by Crippen LogP contribution is 2.24. The van der Waals surface area contributed by atoms with E-state index in [1.165, 1.54) is 12.8 Å². The summed E-state index contributed by atoms with van der Waals surface area (Å²) in [4.78, 5) is 13.9. The Bertz CT molecular complexity index is 199. The zero-order valence-corrected chi connectivity index (χ0v) is 10.5. The van der Waals surface area contributed by atoms with Gasteiger partial charge < -0.3 is 4.90 Å². The third-order valence-corrected chi connectivity index (χ3v) is 3.83. The molecule has 1 unspecified atom stereocenters. The number of ketones is 1. The highest BCUT2D eigenvalue weighted by Gasteiger charge is 2.24. The van der Waals surface area contributed by atoms with Crippen LogP contribution in [0.15, 0.2) is 0 Å². The second-order valence-electron chi connectivity index (χ2n) is 4.80. The number of carbonyl (C=O) groups is 1. The van der Waals surface area contributed by atoms with Crippen LogP contribution in [0.5, 0.6) is 0 Å². The summed E-state index contributed by atoms with van der Waals surface area (Å²) in [6.07, 6.45) is 6.59. The summed E-state index contributed by atoms with van der Waals surface area (Å²) in [6.45, 7) is 5.57. The van der Waals surface area contributed by atoms with Crippen LogP contribution in [0.1, 0.15) is 52.4 Å². The molecule has 0 aliphatic heterocycles. The molecule has 0 radical (unpaired) electrons. The van der Waals surface area contributed by atoms with E-state index in [2.05, 4.69) is 25.8 Å². The standard InChI is InChI=1S/C13H25NO/c1-4-12(5-2)14(3)10-9-11-7-6-8-13(11)15/h11-12H,4-10H2,1-3H3. The number of hydrogen-bond donors (Lipinski definition) is 0. The Morgan fingerprint density at radius 2 is 2.07 bits per heavy atom. The van der Waals surface area contributed by atoms with Crippen molar-refractivity contribution in [2.75, 3.05) is 13.6 Å². The Morgan fingerprint density at radius 3 is 2.53 bits per heavy atom. The minimum Gasteiger partial charge on any atom is -0.303 e. The van der Waals surface area contributed by atoms with Gasteiger partial charge in [0.2, 0.25) is 0 Å². The average molecular weight is 211 g/mol. The maximum absolute atomic E-state index is 11.5. The van der Waals surface area contributed by atoms with Gasteiger partial charge in [-0.05, 0) is 45.7 Å². The van der Waals surface area contributed by atoms with Crippen molar-refractivity contribution < 1.29 is 4.79 Å². The molecule has 2 heteroatoms. The largest absolute Gasteiger partial charge is 0.303 e. The molecule has 1 aliphatic carbocycles. The molecular weight excluding hydrogens is 186 g/mol. The molecular formula is C13H25NO. The molecule has 0 heterocycles. The first-order chi connectivity index (χ1) is 7.19. The van der Waals surface area contributed by atoms with E-state index in [4.69, 9.17) is 0 Å². The van der Waals surface area contributed by atoms with Gasteiger partial charge in [-0.1, -0.05) is 13.8 Å². The summed E-state index contributed by atoms with van der Waals surface area (Å²) in [5, 5.41) is 0. The molecule has 2 nitrogen and oxygen atoms in total. The normalized spacial score (nSPS) is 21.9. The monoisotopic (exact) mass is 211 g/mol. The van der Waals surface area contributed by atoms with Gasteiger partial charge in [-0.25, -0.2) is 0 Å². The van der Waals surface area contributed by atoms with E-state index in [1.807, 2.05) is 0 Å². The third-order valence-electron chi connectivity index (χ3n) is 3.83. The fourth-order valence-electron chi connectivity index (χ4n) is 2.65. The highest BCUT2D eigenvalue weighted by atomic mass is 16.1. The Kier molecular flexibility index (Phi) is 5.30. The minimum absolute atomic E-state index is 0.377. The lowest BCUT2D eigenvalue weighted by Crippen LogP contribution is -2.32. The van der Waals surface area contributed by atoms with E-state index in [9.17, 15) is 4.79 Å². The molecule has 0 N–H and O–H groups in total. The fourth-order valence-corrected chi connectivity index (χ4v) is 2.65. The van der Waals surface area contributed by atoms with Crippen molar-refractivity contribution in [2.24, 2.45) is 5.92 Å². The molecule has 0 spiro atoms. The number of carbonyl (C=O) groups excluding carboxylic acids is 1. The van der Waals surface area contributed by atoms with Gasteiger partial charge in [0.15, 0.2) is 0 Å². The van der Waals surface area contributed by atoms with Gasteiger partial charge in [0.05, 0.1) is 0 Å². The molecule has 1 saturated carbocycles. The quantitative estimate of drug-likeness (QED) is 0.673. The Hall–Kier alpha value is -0.370. The number of Topliss-reactive ketones (excluding diaryl/α,β-unsaturated/α-hetero) is 1. The van der Waals surface area contributed by atoms with Crippen LogP contribution in [0.3, 0.4) is 0 Å². The van der Waals surface area contributed by atoms with Gasteiger partial charge >= 0.3 is 0 Å². The molecule has 0 aromatic rings. The second kappa shape index (κ2) is 6.26. The van der Waals surface area contributed by atoms with E-state index in [-0.39, 0.29) is 0 Å². The maximum Gasteiger partial charge on any atom is 0.136 e. The van der Waals surface area contributed by atoms with Crippen LogP contribution in [0.2, 0.25) is 0 Å². The Morgan fingerprint density at radius 1 is 1.40 bits per heavy atom. The summed E-state index contributed by atoms with van der Waals surface area (Å²) in [7, 11) is 2.19. The van der Waals surface area contributed by atoms with Crippen molar-refractivity contribution in [3.05, 3.63) is 0 Å². The summed E-state index contributed by atoms with van der Waals surface area (Å²) in [5.74, 6) is 0.884. The number of nitrogens with zero attached hydrogens (tertiary/aromatic N) is 1. The smallest absolute Gasteiger partial charge is 0.136 e. The van der Waals surface area contributed by atoms with E-state index in [1.54, 1.807) is 0 Å². The molecule has 0 bridgehead atoms. The van der Waals surface area contributed by atoms with Crippen LogP contribution in [-0.2, 0) is 4.79 Å². The zero-order valence-electron chi connectivity index (χ0n) is 10.5. The SMILES string of the molecule is CCC(CC)N(C)CCC1CCCC1=O. The minimum atomic E-state index is 0.377. The van der Waals surface area contributed by atoms with Crippen molar-refractivity contribution in [1.82, 2.24) is 4.90 Å². The summed E-state index contributed by atoms with van der Waals surface area (Å²) in [5.41, 5.74) is 0. The fraction of sp³-hybridized carbons (Fsp3) is 0.923. The van der Waals surface area contributed by atoms with E-state index in [0.717, 1.165) is 32.2 Å². The zero-order chi connectivity index (χ0) is 11.3. The molecule has 0 aromatic heterocycles. The lowest BCUT2D eigenvalue weighted by atomic mass is 10.0. The predicted octanol–water partition coefficient (Wildman–Crippen LogP) is 2.87. The first-order valence-electron chi connectivity index (χ1n) is 6.42. The molecule has 1 atom stereocenters. The lowest BCUT2D eigenvalue weighted by molar-refractivity contribution is -0.120. The molecule has 1 aliphatic rings. The van der Waals surface area contributed by atoms with Crippen LogP contribution >= 0.6 is 0 Å². The Labute approximate surface area is 94.0 Å². The first-order valence-corrected chi connectivity index (χ1v) is 6.42. The molecule has 1 rings (SSSR count). The molecule has 0 aromatic carbocycles. The summed E-state index contributed by atoms with van der Waals surface area (Å²) >= 11 is 0. The van der Waals surface area contributed by atoms with Crippen molar-refractivity contribution in [2.45, 2.75) is 58.4 Å². The predicted molar refractivity (Wildman–Crippen MR) is 64.0 cm³/mol. The van der Waals surface area contributed by atoms with Crippen molar-refractivity contribution in [3.63, 3.8) is 0 Å². The number of hydrogen-bond acceptors (Lipinski definition) is 2. The second-order valence-corrected chi connectivity index (χ2v) is 4.80. The average Bonchev–Trinajstić information content (AvgIpc) is 2.63. The van der Waals surface area contributed by atoms with Gasteiger partial charge in [-0.15, -0.1) is 0 Å². The molecule has 88 valence electrons. The van der Waals surface area contributed by atoms with E-state index in [0.29, 0.717) is 17.7 Å². The lowest BCUT2D eigenvalue weighted by Gasteiger charge is -2.26. The molecule has 0 amide bonds. The van der Waals surface area contributed by atoms with Gasteiger partial charge in [-0.2, -0.15) is 0 Å². The van der Waals surface area contributed by atoms with Gasteiger partial charge in [0.25, 0.3) is 0 Å². The van der Waals surface area contributed by atoms with Crippen molar-refractivity contribution in [3.8, 4) is 0 Å².